The molecule has 0 radical (unpaired) electrons. The lowest BCUT2D eigenvalue weighted by molar-refractivity contribution is -0.0509. The third kappa shape index (κ3) is 2.93. The Labute approximate surface area is 139 Å². The summed E-state index contributed by atoms with van der Waals surface area (Å²) in [6.07, 6.45) is 3.70. The summed E-state index contributed by atoms with van der Waals surface area (Å²) in [7, 11) is -3.64. The average molecular weight is 361 g/mol. The van der Waals surface area contributed by atoms with E-state index in [1.165, 1.54) is 6.08 Å². The van der Waals surface area contributed by atoms with E-state index in [2.05, 4.69) is 9.08 Å². The first-order valence-corrected chi connectivity index (χ1v) is 9.05. The smallest absolute Gasteiger partial charge is 0.376 e. The summed E-state index contributed by atoms with van der Waals surface area (Å²) in [5, 5.41) is 0. The first kappa shape index (κ1) is 17.3. The van der Waals surface area contributed by atoms with Gasteiger partial charge in [0.1, 0.15) is 5.76 Å². The predicted octanol–water partition coefficient (Wildman–Crippen LogP) is 3.26. The molecule has 0 N–H and O–H groups in total. The number of halogens is 3. The van der Waals surface area contributed by atoms with E-state index in [9.17, 15) is 21.6 Å². The van der Waals surface area contributed by atoms with Gasteiger partial charge in [-0.15, -0.1) is 0 Å². The van der Waals surface area contributed by atoms with E-state index < -0.39 is 15.6 Å². The van der Waals surface area contributed by atoms with Crippen molar-refractivity contribution < 1.29 is 25.8 Å². The fourth-order valence-electron chi connectivity index (χ4n) is 3.43. The van der Waals surface area contributed by atoms with Gasteiger partial charge in [0.25, 0.3) is 0 Å². The third-order valence-electron chi connectivity index (χ3n) is 4.87. The number of hydrogen-bond donors (Lipinski definition) is 0. The van der Waals surface area contributed by atoms with E-state index in [0.717, 1.165) is 31.5 Å². The average Bonchev–Trinajstić information content (AvgIpc) is 2.52. The van der Waals surface area contributed by atoms with Crippen molar-refractivity contribution in [3.05, 3.63) is 41.5 Å². The number of hydrogen-bond acceptors (Lipinski definition) is 4. The van der Waals surface area contributed by atoms with Crippen LogP contribution >= 0.6 is 0 Å². The molecular weight excluding hydrogens is 343 g/mol. The van der Waals surface area contributed by atoms with Crippen LogP contribution in [0.15, 0.2) is 30.3 Å². The van der Waals surface area contributed by atoms with Crippen LogP contribution in [0.5, 0.6) is 0 Å². The molecule has 24 heavy (non-hydrogen) atoms. The zero-order valence-corrected chi connectivity index (χ0v) is 14.0. The summed E-state index contributed by atoms with van der Waals surface area (Å²) in [6, 6.07) is 6.97. The van der Waals surface area contributed by atoms with Crippen LogP contribution in [-0.4, -0.2) is 39.0 Å². The maximum Gasteiger partial charge on any atom is 0.534 e. The van der Waals surface area contributed by atoms with Gasteiger partial charge in [-0.25, -0.2) is 0 Å². The molecule has 1 aliphatic carbocycles. The number of nitrogens with zero attached hydrogens (tertiary/aromatic N) is 1. The van der Waals surface area contributed by atoms with Crippen molar-refractivity contribution in [3.63, 3.8) is 0 Å². The molecule has 1 fully saturated rings. The molecule has 1 heterocycles. The topological polar surface area (TPSA) is 46.6 Å². The van der Waals surface area contributed by atoms with Gasteiger partial charge in [-0.1, -0.05) is 24.3 Å². The second-order valence-corrected chi connectivity index (χ2v) is 7.92. The molecule has 3 rings (SSSR count). The molecular formula is C16H18F3NO3S. The highest BCUT2D eigenvalue weighted by Gasteiger charge is 2.50. The number of likely N-dealkylation sites (tertiary alicyclic amines) is 1. The number of fused-ring (bicyclic) bond motifs is 2. The Morgan fingerprint density at radius 3 is 2.42 bits per heavy atom. The van der Waals surface area contributed by atoms with Gasteiger partial charge in [0.15, 0.2) is 0 Å². The minimum Gasteiger partial charge on any atom is -0.376 e. The molecule has 0 amide bonds. The van der Waals surface area contributed by atoms with E-state index >= 15 is 0 Å². The standard InChI is InChI=1S/C16H18F3NO3S/c1-20-10-8-15(9-11-20)7-6-14(12-4-2-3-5-13(12)15)23-24(21,22)16(17,18)19/h2-6H,7-11H2,1H3. The first-order valence-electron chi connectivity index (χ1n) is 7.64. The number of piperidine rings is 1. The van der Waals surface area contributed by atoms with Gasteiger partial charge < -0.3 is 9.08 Å². The summed E-state index contributed by atoms with van der Waals surface area (Å²) in [5.74, 6) is -0.229. The highest BCUT2D eigenvalue weighted by atomic mass is 32.2. The second kappa shape index (κ2) is 5.77. The van der Waals surface area contributed by atoms with Crippen LogP contribution in [0.25, 0.3) is 5.76 Å². The molecule has 4 nitrogen and oxygen atoms in total. The highest BCUT2D eigenvalue weighted by Crippen LogP contribution is 2.46. The van der Waals surface area contributed by atoms with Crippen molar-refractivity contribution in [3.8, 4) is 0 Å². The minimum atomic E-state index is -5.67. The first-order chi connectivity index (χ1) is 11.1. The molecule has 132 valence electrons. The van der Waals surface area contributed by atoms with Gasteiger partial charge in [-0.05, 0) is 51.0 Å². The van der Waals surface area contributed by atoms with E-state index in [4.69, 9.17) is 0 Å². The number of alkyl halides is 3. The highest BCUT2D eigenvalue weighted by molar-refractivity contribution is 7.87. The Balaban J connectivity index is 1.97. The van der Waals surface area contributed by atoms with Crippen molar-refractivity contribution in [1.29, 1.82) is 0 Å². The monoisotopic (exact) mass is 361 g/mol. The predicted molar refractivity (Wildman–Crippen MR) is 83.5 cm³/mol. The molecule has 1 aromatic rings. The Kier molecular flexibility index (Phi) is 4.16. The summed E-state index contributed by atoms with van der Waals surface area (Å²) in [4.78, 5) is 2.21. The normalized spacial score (nSPS) is 21.2. The van der Waals surface area contributed by atoms with Crippen molar-refractivity contribution >= 4 is 15.9 Å². The summed E-state index contributed by atoms with van der Waals surface area (Å²) >= 11 is 0. The molecule has 0 aromatic heterocycles. The number of rotatable bonds is 2. The fraction of sp³-hybridized carbons (Fsp3) is 0.500. The van der Waals surface area contributed by atoms with Gasteiger partial charge in [0.2, 0.25) is 0 Å². The molecule has 1 aromatic carbocycles. The van der Waals surface area contributed by atoms with Crippen LogP contribution in [0.4, 0.5) is 13.2 Å². The van der Waals surface area contributed by atoms with Crippen molar-refractivity contribution in [2.45, 2.75) is 30.2 Å². The van der Waals surface area contributed by atoms with Gasteiger partial charge in [-0.3, -0.25) is 0 Å². The van der Waals surface area contributed by atoms with Crippen LogP contribution in [0.1, 0.15) is 30.4 Å². The second-order valence-electron chi connectivity index (χ2n) is 6.38. The Morgan fingerprint density at radius 2 is 1.79 bits per heavy atom. The van der Waals surface area contributed by atoms with Gasteiger partial charge in [0.05, 0.1) is 0 Å². The Hall–Kier alpha value is -1.54. The van der Waals surface area contributed by atoms with E-state index in [1.54, 1.807) is 12.1 Å². The molecule has 1 spiro atoms. The maximum absolute atomic E-state index is 12.6. The van der Waals surface area contributed by atoms with Crippen molar-refractivity contribution in [1.82, 2.24) is 4.90 Å². The van der Waals surface area contributed by atoms with E-state index in [0.29, 0.717) is 12.0 Å². The largest absolute Gasteiger partial charge is 0.534 e. The Morgan fingerprint density at radius 1 is 1.17 bits per heavy atom. The molecule has 1 aliphatic heterocycles. The zero-order valence-electron chi connectivity index (χ0n) is 13.1. The summed E-state index contributed by atoms with van der Waals surface area (Å²) < 4.78 is 64.9. The summed E-state index contributed by atoms with van der Waals surface area (Å²) in [5.41, 5.74) is -4.31. The quantitative estimate of drug-likeness (QED) is 0.599. The number of allylic oxidation sites excluding steroid dienone is 1. The van der Waals surface area contributed by atoms with Gasteiger partial charge in [0, 0.05) is 11.0 Å². The van der Waals surface area contributed by atoms with Crippen molar-refractivity contribution in [2.75, 3.05) is 20.1 Å². The lowest BCUT2D eigenvalue weighted by Gasteiger charge is -2.43. The molecule has 0 bridgehead atoms. The molecule has 0 atom stereocenters. The zero-order chi connectivity index (χ0) is 17.6. The molecule has 0 unspecified atom stereocenters. The van der Waals surface area contributed by atoms with Gasteiger partial charge in [-0.2, -0.15) is 21.6 Å². The molecule has 0 saturated carbocycles. The maximum atomic E-state index is 12.6. The lowest BCUT2D eigenvalue weighted by atomic mass is 9.66. The van der Waals surface area contributed by atoms with E-state index in [1.807, 2.05) is 19.2 Å². The molecule has 8 heteroatoms. The number of benzene rings is 1. The van der Waals surface area contributed by atoms with Crippen LogP contribution in [0.2, 0.25) is 0 Å². The van der Waals surface area contributed by atoms with Crippen molar-refractivity contribution in [2.24, 2.45) is 0 Å². The van der Waals surface area contributed by atoms with Gasteiger partial charge >= 0.3 is 15.6 Å². The summed E-state index contributed by atoms with van der Waals surface area (Å²) in [6.45, 7) is 1.78. The SMILES string of the molecule is CN1CCC2(CC=C(OS(=O)(=O)C(F)(F)F)c3ccccc32)CC1. The third-order valence-corrected chi connectivity index (χ3v) is 5.84. The van der Waals surface area contributed by atoms with E-state index in [-0.39, 0.29) is 11.2 Å². The van der Waals surface area contributed by atoms with Crippen LogP contribution < -0.4 is 0 Å². The minimum absolute atomic E-state index is 0.169. The molecule has 1 saturated heterocycles. The Bertz CT molecular complexity index is 763. The van der Waals surface area contributed by atoms with Crippen LogP contribution in [-0.2, 0) is 19.7 Å². The molecule has 2 aliphatic rings. The van der Waals surface area contributed by atoms with Crippen LogP contribution in [0, 0.1) is 0 Å². The lowest BCUT2D eigenvalue weighted by Crippen LogP contribution is -2.42. The van der Waals surface area contributed by atoms with Crippen LogP contribution in [0.3, 0.4) is 0 Å². The fourth-order valence-corrected chi connectivity index (χ4v) is 3.92.